The van der Waals surface area contributed by atoms with Crippen molar-refractivity contribution >= 4 is 39.2 Å². The summed E-state index contributed by atoms with van der Waals surface area (Å²) < 4.78 is 0. The van der Waals surface area contributed by atoms with Crippen LogP contribution in [0.2, 0.25) is 0 Å². The van der Waals surface area contributed by atoms with Crippen molar-refractivity contribution in [2.45, 2.75) is 63.4 Å². The fourth-order valence-corrected chi connectivity index (χ4v) is 5.76. The molecule has 2 aromatic heterocycles. The molecule has 0 unspecified atom stereocenters. The van der Waals surface area contributed by atoms with E-state index in [1.807, 2.05) is 18.3 Å². The summed E-state index contributed by atoms with van der Waals surface area (Å²) in [5.41, 5.74) is 1.44. The molecule has 1 atom stereocenters. The minimum absolute atomic E-state index is 0.118. The Morgan fingerprint density at radius 1 is 1.33 bits per heavy atom. The van der Waals surface area contributed by atoms with E-state index in [0.29, 0.717) is 17.7 Å². The van der Waals surface area contributed by atoms with Gasteiger partial charge in [0.1, 0.15) is 15.7 Å². The molecule has 1 saturated carbocycles. The summed E-state index contributed by atoms with van der Waals surface area (Å²) in [7, 11) is 0. The Balaban J connectivity index is 1.54. The lowest BCUT2D eigenvalue weighted by molar-refractivity contribution is -0.119. The van der Waals surface area contributed by atoms with E-state index < -0.39 is 0 Å². The molecule has 2 aliphatic carbocycles. The molecule has 0 saturated heterocycles. The third-order valence-corrected chi connectivity index (χ3v) is 7.11. The number of nitrogens with one attached hydrogen (secondary N) is 1. The van der Waals surface area contributed by atoms with Gasteiger partial charge in [-0.25, -0.2) is 9.97 Å². The summed E-state index contributed by atoms with van der Waals surface area (Å²) in [5.74, 6) is 2.05. The standard InChI is InChI=1S/C18H23N3OS2/c1-10(12-7-8-12)19-15(22)9-23-17-16-13-5-3-4-6-14(13)24-18(16)21-11(2)20-17/h10,12H,3-9H2,1-2H3,(H,19,22)/t10-/m1/s1. The summed E-state index contributed by atoms with van der Waals surface area (Å²) in [4.78, 5) is 24.1. The number of thioether (sulfide) groups is 1. The van der Waals surface area contributed by atoms with Crippen LogP contribution in [-0.4, -0.2) is 27.7 Å². The second kappa shape index (κ2) is 6.64. The summed E-state index contributed by atoms with van der Waals surface area (Å²) >= 11 is 3.39. The molecule has 0 aromatic carbocycles. The number of amides is 1. The Morgan fingerprint density at radius 2 is 2.12 bits per heavy atom. The van der Waals surface area contributed by atoms with Crippen molar-refractivity contribution in [1.29, 1.82) is 0 Å². The van der Waals surface area contributed by atoms with Crippen molar-refractivity contribution in [3.05, 3.63) is 16.3 Å². The lowest BCUT2D eigenvalue weighted by Gasteiger charge is -2.13. The van der Waals surface area contributed by atoms with Gasteiger partial charge in [0.2, 0.25) is 5.91 Å². The van der Waals surface area contributed by atoms with Crippen molar-refractivity contribution in [2.24, 2.45) is 5.92 Å². The summed E-state index contributed by atoms with van der Waals surface area (Å²) in [6.45, 7) is 4.06. The van der Waals surface area contributed by atoms with Crippen LogP contribution >= 0.6 is 23.1 Å². The molecule has 1 amide bonds. The van der Waals surface area contributed by atoms with Crippen LogP contribution in [0, 0.1) is 12.8 Å². The lowest BCUT2D eigenvalue weighted by atomic mass is 9.97. The van der Waals surface area contributed by atoms with Crippen molar-refractivity contribution in [2.75, 3.05) is 5.75 Å². The monoisotopic (exact) mass is 361 g/mol. The molecule has 6 heteroatoms. The lowest BCUT2D eigenvalue weighted by Crippen LogP contribution is -2.35. The van der Waals surface area contributed by atoms with E-state index in [9.17, 15) is 4.79 Å². The first-order valence-electron chi connectivity index (χ1n) is 8.83. The number of nitrogens with zero attached hydrogens (tertiary/aromatic N) is 2. The topological polar surface area (TPSA) is 54.9 Å². The van der Waals surface area contributed by atoms with Gasteiger partial charge in [0, 0.05) is 16.3 Å². The quantitative estimate of drug-likeness (QED) is 0.648. The van der Waals surface area contributed by atoms with Gasteiger partial charge in [0.15, 0.2) is 0 Å². The fraction of sp³-hybridized carbons (Fsp3) is 0.611. The van der Waals surface area contributed by atoms with E-state index in [-0.39, 0.29) is 5.91 Å². The van der Waals surface area contributed by atoms with E-state index in [2.05, 4.69) is 22.2 Å². The predicted molar refractivity (Wildman–Crippen MR) is 99.8 cm³/mol. The first kappa shape index (κ1) is 16.3. The van der Waals surface area contributed by atoms with Crippen LogP contribution in [0.1, 0.15) is 48.9 Å². The smallest absolute Gasteiger partial charge is 0.230 e. The first-order valence-corrected chi connectivity index (χ1v) is 10.6. The zero-order valence-electron chi connectivity index (χ0n) is 14.2. The van der Waals surface area contributed by atoms with Crippen LogP contribution in [0.15, 0.2) is 5.03 Å². The van der Waals surface area contributed by atoms with Gasteiger partial charge in [0.25, 0.3) is 0 Å². The molecule has 0 spiro atoms. The second-order valence-electron chi connectivity index (χ2n) is 6.95. The molecular weight excluding hydrogens is 338 g/mol. The van der Waals surface area contributed by atoms with Gasteiger partial charge in [-0.2, -0.15) is 0 Å². The molecule has 2 aromatic rings. The number of carbonyl (C=O) groups is 1. The van der Waals surface area contributed by atoms with Crippen LogP contribution < -0.4 is 5.32 Å². The van der Waals surface area contributed by atoms with Gasteiger partial charge < -0.3 is 5.32 Å². The van der Waals surface area contributed by atoms with Gasteiger partial charge >= 0.3 is 0 Å². The Labute approximate surface area is 150 Å². The van der Waals surface area contributed by atoms with Crippen LogP contribution in [0.25, 0.3) is 10.2 Å². The molecular formula is C18H23N3OS2. The van der Waals surface area contributed by atoms with Gasteiger partial charge in [0.05, 0.1) is 5.75 Å². The Hall–Kier alpha value is -1.14. The summed E-state index contributed by atoms with van der Waals surface area (Å²) in [6, 6.07) is 0.305. The fourth-order valence-electron chi connectivity index (χ4n) is 3.47. The highest BCUT2D eigenvalue weighted by Gasteiger charge is 2.29. The van der Waals surface area contributed by atoms with Crippen molar-refractivity contribution in [1.82, 2.24) is 15.3 Å². The Kier molecular flexibility index (Phi) is 4.52. The van der Waals surface area contributed by atoms with E-state index in [0.717, 1.165) is 22.1 Å². The highest BCUT2D eigenvalue weighted by molar-refractivity contribution is 8.00. The third-order valence-electron chi connectivity index (χ3n) is 4.95. The molecule has 0 radical (unpaired) electrons. The molecule has 24 heavy (non-hydrogen) atoms. The molecule has 4 nitrogen and oxygen atoms in total. The van der Waals surface area contributed by atoms with Gasteiger partial charge in [-0.3, -0.25) is 4.79 Å². The van der Waals surface area contributed by atoms with Crippen LogP contribution in [0.5, 0.6) is 0 Å². The third kappa shape index (κ3) is 3.31. The number of aromatic nitrogens is 2. The molecule has 1 N–H and O–H groups in total. The molecule has 128 valence electrons. The van der Waals surface area contributed by atoms with E-state index in [4.69, 9.17) is 0 Å². The maximum absolute atomic E-state index is 12.2. The van der Waals surface area contributed by atoms with Crippen molar-refractivity contribution in [3.63, 3.8) is 0 Å². The average molecular weight is 362 g/mol. The average Bonchev–Trinajstić information content (AvgIpc) is 3.33. The minimum Gasteiger partial charge on any atom is -0.353 e. The molecule has 4 rings (SSSR count). The zero-order valence-corrected chi connectivity index (χ0v) is 15.9. The van der Waals surface area contributed by atoms with Gasteiger partial charge in [-0.05, 0) is 63.9 Å². The Bertz CT molecular complexity index is 782. The maximum atomic E-state index is 12.2. The first-order chi connectivity index (χ1) is 11.6. The number of fused-ring (bicyclic) bond motifs is 3. The van der Waals surface area contributed by atoms with Crippen LogP contribution in [0.3, 0.4) is 0 Å². The number of hydrogen-bond acceptors (Lipinski definition) is 5. The summed E-state index contributed by atoms with van der Waals surface area (Å²) in [5, 5.41) is 5.34. The SMILES string of the molecule is Cc1nc(SCC(=O)N[C@H](C)C2CC2)c2c3c(sc2n1)CCCC3. The van der Waals surface area contributed by atoms with E-state index >= 15 is 0 Å². The number of aryl methyl sites for hydroxylation is 3. The zero-order chi connectivity index (χ0) is 16.7. The van der Waals surface area contributed by atoms with Gasteiger partial charge in [-0.15, -0.1) is 11.3 Å². The highest BCUT2D eigenvalue weighted by atomic mass is 32.2. The number of carbonyl (C=O) groups excluding carboxylic acids is 1. The van der Waals surface area contributed by atoms with Crippen LogP contribution in [0.4, 0.5) is 0 Å². The van der Waals surface area contributed by atoms with Crippen LogP contribution in [-0.2, 0) is 17.6 Å². The summed E-state index contributed by atoms with van der Waals surface area (Å²) in [6.07, 6.45) is 7.31. The molecule has 2 heterocycles. The number of hydrogen-bond donors (Lipinski definition) is 1. The molecule has 0 aliphatic heterocycles. The Morgan fingerprint density at radius 3 is 2.92 bits per heavy atom. The van der Waals surface area contributed by atoms with Gasteiger partial charge in [-0.1, -0.05) is 11.8 Å². The number of rotatable bonds is 5. The maximum Gasteiger partial charge on any atom is 0.230 e. The normalized spacial score (nSPS) is 18.4. The van der Waals surface area contributed by atoms with Crippen molar-refractivity contribution in [3.8, 4) is 0 Å². The molecule has 0 bridgehead atoms. The number of thiophene rings is 1. The molecule has 2 aliphatic rings. The largest absolute Gasteiger partial charge is 0.353 e. The van der Waals surface area contributed by atoms with E-state index in [1.165, 1.54) is 47.9 Å². The highest BCUT2D eigenvalue weighted by Crippen LogP contribution is 2.39. The second-order valence-corrected chi connectivity index (χ2v) is 9.00. The molecule has 1 fully saturated rings. The van der Waals surface area contributed by atoms with E-state index in [1.54, 1.807) is 11.8 Å². The van der Waals surface area contributed by atoms with Crippen molar-refractivity contribution < 1.29 is 4.79 Å². The minimum atomic E-state index is 0.118. The predicted octanol–water partition coefficient (Wildman–Crippen LogP) is 3.89.